The lowest BCUT2D eigenvalue weighted by molar-refractivity contribution is 0.103. The lowest BCUT2D eigenvalue weighted by Gasteiger charge is -2.36. The highest BCUT2D eigenvalue weighted by atomic mass is 16.1. The first-order chi connectivity index (χ1) is 17.0. The van der Waals surface area contributed by atoms with Crippen molar-refractivity contribution >= 4 is 33.5 Å². The van der Waals surface area contributed by atoms with Crippen LogP contribution in [0.4, 0.5) is 5.69 Å². The van der Waals surface area contributed by atoms with Crippen molar-refractivity contribution in [2.45, 2.75) is 18.9 Å². The van der Waals surface area contributed by atoms with Crippen molar-refractivity contribution in [3.8, 4) is 11.3 Å². The Hall–Kier alpha value is -4.04. The highest BCUT2D eigenvalue weighted by molar-refractivity contribution is 6.08. The number of fused-ring (bicyclic) bond motifs is 2. The molecule has 1 aliphatic rings. The van der Waals surface area contributed by atoms with Crippen molar-refractivity contribution in [3.63, 3.8) is 0 Å². The number of carbonyl (C=O) groups is 1. The van der Waals surface area contributed by atoms with Crippen LogP contribution in [0.5, 0.6) is 0 Å². The van der Waals surface area contributed by atoms with E-state index in [1.807, 2.05) is 24.4 Å². The first kappa shape index (κ1) is 21.5. The van der Waals surface area contributed by atoms with E-state index in [1.165, 1.54) is 0 Å². The minimum absolute atomic E-state index is 0.160. The number of hydrogen-bond acceptors (Lipinski definition) is 6. The number of imidazole rings is 1. The fourth-order valence-electron chi connectivity index (χ4n) is 4.88. The van der Waals surface area contributed by atoms with E-state index >= 15 is 0 Å². The van der Waals surface area contributed by atoms with Crippen molar-refractivity contribution in [1.82, 2.24) is 29.8 Å². The van der Waals surface area contributed by atoms with Gasteiger partial charge in [-0.1, -0.05) is 0 Å². The average molecular weight is 466 g/mol. The number of anilines is 1. The van der Waals surface area contributed by atoms with Gasteiger partial charge in [-0.3, -0.25) is 14.8 Å². The summed E-state index contributed by atoms with van der Waals surface area (Å²) in [5, 5.41) is 0. The molecule has 0 bridgehead atoms. The summed E-state index contributed by atoms with van der Waals surface area (Å²) in [5.74, 6) is 0.172. The summed E-state index contributed by atoms with van der Waals surface area (Å²) >= 11 is 0. The summed E-state index contributed by atoms with van der Waals surface area (Å²) < 4.78 is 0. The number of piperidine rings is 1. The smallest absolute Gasteiger partial charge is 0.228 e. The molecule has 0 unspecified atom stereocenters. The number of hydrogen-bond donors (Lipinski definition) is 2. The summed E-state index contributed by atoms with van der Waals surface area (Å²) in [6.07, 6.45) is 7.58. The molecule has 1 aromatic carbocycles. The SMILES string of the molecule is CN(C)C1CCN(c2ccc3nc(C(=O)c4ccnc(-c5cnc6cc[nH]c6c5)c4)[nH]c3c2)CC1. The van der Waals surface area contributed by atoms with Gasteiger partial charge in [0, 0.05) is 54.5 Å². The molecule has 0 radical (unpaired) electrons. The van der Waals surface area contributed by atoms with Crippen molar-refractivity contribution in [3.05, 3.63) is 72.4 Å². The normalized spacial score (nSPS) is 14.9. The van der Waals surface area contributed by atoms with Gasteiger partial charge in [0.25, 0.3) is 0 Å². The predicted molar refractivity (Wildman–Crippen MR) is 138 cm³/mol. The molecule has 1 aliphatic heterocycles. The second-order valence-corrected chi connectivity index (χ2v) is 9.36. The van der Waals surface area contributed by atoms with E-state index in [9.17, 15) is 4.79 Å². The predicted octanol–water partition coefficient (Wildman–Crippen LogP) is 4.26. The zero-order valence-electron chi connectivity index (χ0n) is 19.8. The topological polar surface area (TPSA) is 93.8 Å². The number of carbonyl (C=O) groups excluding carboxylic acids is 1. The summed E-state index contributed by atoms with van der Waals surface area (Å²) in [6.45, 7) is 2.05. The van der Waals surface area contributed by atoms with Crippen molar-refractivity contribution in [2.24, 2.45) is 0 Å². The van der Waals surface area contributed by atoms with E-state index in [1.54, 1.807) is 24.5 Å². The van der Waals surface area contributed by atoms with Crippen LogP contribution in [0.25, 0.3) is 33.3 Å². The standard InChI is InChI=1S/C27H27N7O/c1-33(2)19-7-11-34(12-8-19)20-3-4-22-25(15-20)32-27(31-22)26(35)17-5-9-28-23(13-17)18-14-24-21(30-16-18)6-10-29-24/h3-6,9-10,13-16,19,29H,7-8,11-12H2,1-2H3,(H,31,32). The third kappa shape index (κ3) is 4.06. The number of nitrogens with zero attached hydrogens (tertiary/aromatic N) is 5. The van der Waals surface area contributed by atoms with Gasteiger partial charge in [-0.25, -0.2) is 4.98 Å². The van der Waals surface area contributed by atoms with Gasteiger partial charge in [0.1, 0.15) is 0 Å². The Balaban J connectivity index is 1.25. The van der Waals surface area contributed by atoms with Gasteiger partial charge >= 0.3 is 0 Å². The van der Waals surface area contributed by atoms with Gasteiger partial charge in [-0.2, -0.15) is 0 Å². The summed E-state index contributed by atoms with van der Waals surface area (Å²) in [6, 6.07) is 14.3. The van der Waals surface area contributed by atoms with E-state index in [4.69, 9.17) is 0 Å². The summed E-state index contributed by atoms with van der Waals surface area (Å²) in [4.78, 5) is 37.9. The van der Waals surface area contributed by atoms with Crippen molar-refractivity contribution in [2.75, 3.05) is 32.1 Å². The molecule has 6 rings (SSSR count). The lowest BCUT2D eigenvalue weighted by atomic mass is 10.0. The van der Waals surface area contributed by atoms with Crippen molar-refractivity contribution < 1.29 is 4.79 Å². The Morgan fingerprint density at radius 1 is 1.00 bits per heavy atom. The molecule has 1 saturated heterocycles. The number of rotatable bonds is 5. The molecule has 0 spiro atoms. The highest BCUT2D eigenvalue weighted by Crippen LogP contribution is 2.26. The molecule has 5 heterocycles. The molecule has 4 aromatic heterocycles. The molecular formula is C27H27N7O. The van der Waals surface area contributed by atoms with Gasteiger partial charge in [0.2, 0.25) is 5.78 Å². The van der Waals surface area contributed by atoms with Gasteiger partial charge in [0.15, 0.2) is 5.82 Å². The summed E-state index contributed by atoms with van der Waals surface area (Å²) in [5.41, 5.74) is 6.72. The monoisotopic (exact) mass is 465 g/mol. The van der Waals surface area contributed by atoms with E-state index < -0.39 is 0 Å². The second kappa shape index (κ2) is 8.63. The third-order valence-electron chi connectivity index (χ3n) is 6.96. The van der Waals surface area contributed by atoms with Crippen LogP contribution in [-0.2, 0) is 0 Å². The van der Waals surface area contributed by atoms with Crippen LogP contribution < -0.4 is 4.90 Å². The van der Waals surface area contributed by atoms with Crippen LogP contribution in [0.2, 0.25) is 0 Å². The van der Waals surface area contributed by atoms with Crippen LogP contribution in [0, 0.1) is 0 Å². The number of pyridine rings is 2. The number of benzene rings is 1. The van der Waals surface area contributed by atoms with Crippen LogP contribution in [0.15, 0.2) is 61.1 Å². The van der Waals surface area contributed by atoms with Crippen LogP contribution in [0.1, 0.15) is 29.0 Å². The molecule has 5 aromatic rings. The molecular weight excluding hydrogens is 438 g/mol. The summed E-state index contributed by atoms with van der Waals surface area (Å²) in [7, 11) is 4.30. The fourth-order valence-corrected chi connectivity index (χ4v) is 4.88. The molecule has 2 N–H and O–H groups in total. The maximum absolute atomic E-state index is 13.3. The highest BCUT2D eigenvalue weighted by Gasteiger charge is 2.22. The van der Waals surface area contributed by atoms with Crippen LogP contribution in [-0.4, -0.2) is 68.8 Å². The van der Waals surface area contributed by atoms with E-state index in [0.717, 1.165) is 59.2 Å². The minimum Gasteiger partial charge on any atom is -0.371 e. The molecule has 8 heteroatoms. The molecule has 0 atom stereocenters. The molecule has 0 saturated carbocycles. The largest absolute Gasteiger partial charge is 0.371 e. The minimum atomic E-state index is -0.160. The average Bonchev–Trinajstić information content (AvgIpc) is 3.54. The van der Waals surface area contributed by atoms with E-state index in [-0.39, 0.29) is 5.78 Å². The van der Waals surface area contributed by atoms with E-state index in [0.29, 0.717) is 23.1 Å². The fraction of sp³-hybridized carbons (Fsp3) is 0.259. The van der Waals surface area contributed by atoms with Gasteiger partial charge < -0.3 is 19.8 Å². The molecule has 176 valence electrons. The Bertz CT molecular complexity index is 1530. The zero-order valence-corrected chi connectivity index (χ0v) is 19.8. The van der Waals surface area contributed by atoms with Crippen LogP contribution >= 0.6 is 0 Å². The Morgan fingerprint density at radius 2 is 1.86 bits per heavy atom. The molecule has 0 amide bonds. The number of ketones is 1. The first-order valence-corrected chi connectivity index (χ1v) is 11.9. The number of aromatic nitrogens is 5. The first-order valence-electron chi connectivity index (χ1n) is 11.9. The van der Waals surface area contributed by atoms with Crippen LogP contribution in [0.3, 0.4) is 0 Å². The lowest BCUT2D eigenvalue weighted by Crippen LogP contribution is -2.41. The Labute approximate surface area is 203 Å². The molecule has 0 aliphatic carbocycles. The Morgan fingerprint density at radius 3 is 2.69 bits per heavy atom. The maximum atomic E-state index is 13.3. The zero-order chi connectivity index (χ0) is 23.9. The third-order valence-corrected chi connectivity index (χ3v) is 6.96. The Kier molecular flexibility index (Phi) is 5.30. The maximum Gasteiger partial charge on any atom is 0.228 e. The number of H-pyrrole nitrogens is 2. The molecule has 1 fully saturated rings. The van der Waals surface area contributed by atoms with Gasteiger partial charge in [-0.15, -0.1) is 0 Å². The van der Waals surface area contributed by atoms with Crippen molar-refractivity contribution in [1.29, 1.82) is 0 Å². The van der Waals surface area contributed by atoms with Gasteiger partial charge in [0.05, 0.1) is 27.8 Å². The molecule has 35 heavy (non-hydrogen) atoms. The quantitative estimate of drug-likeness (QED) is 0.377. The molecule has 8 nitrogen and oxygen atoms in total. The van der Waals surface area contributed by atoms with Gasteiger partial charge in [-0.05, 0) is 69.4 Å². The van der Waals surface area contributed by atoms with E-state index in [2.05, 4.69) is 60.9 Å². The number of nitrogens with one attached hydrogen (secondary N) is 2. The number of aromatic amines is 2. The second-order valence-electron chi connectivity index (χ2n) is 9.36.